The molecule has 7 heteroatoms. The van der Waals surface area contributed by atoms with Gasteiger partial charge in [-0.05, 0) is 19.3 Å². The molecule has 0 aromatic carbocycles. The van der Waals surface area contributed by atoms with Crippen LogP contribution in [0.5, 0.6) is 5.75 Å². The van der Waals surface area contributed by atoms with E-state index in [0.717, 1.165) is 20.0 Å². The molecule has 1 N–H and O–H groups in total. The van der Waals surface area contributed by atoms with Gasteiger partial charge < -0.3 is 19.1 Å². The number of pyridine rings is 1. The number of aromatic hydroxyl groups is 1. The topological polar surface area (TPSA) is 94.8 Å². The van der Waals surface area contributed by atoms with E-state index >= 15 is 0 Å². The highest BCUT2D eigenvalue weighted by Gasteiger charge is 2.31. The second kappa shape index (κ2) is 5.36. The molecule has 1 aromatic heterocycles. The van der Waals surface area contributed by atoms with E-state index < -0.39 is 28.8 Å². The zero-order valence-corrected chi connectivity index (χ0v) is 11.3. The Balaban J connectivity index is 2.85. The molecule has 108 valence electrons. The van der Waals surface area contributed by atoms with Gasteiger partial charge in [0.2, 0.25) is 0 Å². The third kappa shape index (κ3) is 2.04. The second-order valence-corrected chi connectivity index (χ2v) is 4.44. The number of carbonyl (C=O) groups is 2. The molecule has 0 radical (unpaired) electrons. The molecule has 0 fully saturated rings. The monoisotopic (exact) mass is 281 g/mol. The summed E-state index contributed by atoms with van der Waals surface area (Å²) in [6, 6.07) is 0. The summed E-state index contributed by atoms with van der Waals surface area (Å²) in [4.78, 5) is 35.8. The van der Waals surface area contributed by atoms with Crippen LogP contribution in [0.25, 0.3) is 0 Å². The predicted octanol–water partition coefficient (Wildman–Crippen LogP) is 0.463. The van der Waals surface area contributed by atoms with Crippen LogP contribution in [0.15, 0.2) is 4.79 Å². The summed E-state index contributed by atoms with van der Waals surface area (Å²) in [5, 5.41) is 9.94. The highest BCUT2D eigenvalue weighted by atomic mass is 16.5. The number of nitrogens with zero attached hydrogens (tertiary/aromatic N) is 1. The summed E-state index contributed by atoms with van der Waals surface area (Å²) in [5.74, 6) is -2.48. The van der Waals surface area contributed by atoms with Crippen LogP contribution >= 0.6 is 0 Å². The van der Waals surface area contributed by atoms with Gasteiger partial charge in [-0.1, -0.05) is 0 Å². The van der Waals surface area contributed by atoms with E-state index in [1.54, 1.807) is 0 Å². The number of ether oxygens (including phenoxy) is 2. The zero-order chi connectivity index (χ0) is 14.9. The van der Waals surface area contributed by atoms with Crippen LogP contribution in [0.2, 0.25) is 0 Å². The number of carbonyl (C=O) groups excluding carboxylic acids is 2. The van der Waals surface area contributed by atoms with Gasteiger partial charge in [-0.3, -0.25) is 4.79 Å². The molecule has 1 aromatic rings. The standard InChI is InChI=1S/C13H15NO6/c1-19-12(17)8-7-5-3-4-6-14(7)11(16)10(15)9(8)13(18)20-2/h15H,3-6H2,1-2H3. The van der Waals surface area contributed by atoms with Crippen molar-refractivity contribution < 1.29 is 24.2 Å². The molecular weight excluding hydrogens is 266 g/mol. The number of rotatable bonds is 2. The van der Waals surface area contributed by atoms with Crippen LogP contribution in [0.3, 0.4) is 0 Å². The number of fused-ring (bicyclic) bond motifs is 1. The number of hydrogen-bond acceptors (Lipinski definition) is 6. The molecule has 0 spiro atoms. The van der Waals surface area contributed by atoms with E-state index in [1.807, 2.05) is 0 Å². The van der Waals surface area contributed by atoms with Crippen molar-refractivity contribution in [1.82, 2.24) is 4.57 Å². The largest absolute Gasteiger partial charge is 0.502 e. The van der Waals surface area contributed by atoms with E-state index in [1.165, 1.54) is 11.7 Å². The molecule has 0 unspecified atom stereocenters. The Kier molecular flexibility index (Phi) is 3.78. The molecule has 20 heavy (non-hydrogen) atoms. The summed E-state index contributed by atoms with van der Waals surface area (Å²) in [6.07, 6.45) is 2.02. The van der Waals surface area contributed by atoms with Crippen LogP contribution in [-0.4, -0.2) is 35.8 Å². The molecule has 0 aliphatic carbocycles. The van der Waals surface area contributed by atoms with E-state index in [-0.39, 0.29) is 5.56 Å². The first-order valence-electron chi connectivity index (χ1n) is 6.18. The Morgan fingerprint density at radius 1 is 1.10 bits per heavy atom. The lowest BCUT2D eigenvalue weighted by Crippen LogP contribution is -2.32. The van der Waals surface area contributed by atoms with E-state index in [9.17, 15) is 19.5 Å². The zero-order valence-electron chi connectivity index (χ0n) is 11.3. The van der Waals surface area contributed by atoms with Crippen molar-refractivity contribution in [2.24, 2.45) is 0 Å². The Labute approximate surface area is 114 Å². The van der Waals surface area contributed by atoms with Gasteiger partial charge in [0.15, 0.2) is 5.75 Å². The van der Waals surface area contributed by atoms with Crippen molar-refractivity contribution >= 4 is 11.9 Å². The van der Waals surface area contributed by atoms with E-state index in [2.05, 4.69) is 9.47 Å². The number of methoxy groups -OCH3 is 2. The molecule has 0 atom stereocenters. The lowest BCUT2D eigenvalue weighted by molar-refractivity contribution is 0.0548. The average molecular weight is 281 g/mol. The molecule has 0 bridgehead atoms. The Hall–Kier alpha value is -2.31. The van der Waals surface area contributed by atoms with Crippen LogP contribution in [-0.2, 0) is 22.4 Å². The molecule has 2 heterocycles. The van der Waals surface area contributed by atoms with Crippen molar-refractivity contribution in [2.75, 3.05) is 14.2 Å². The van der Waals surface area contributed by atoms with Gasteiger partial charge in [-0.2, -0.15) is 0 Å². The SMILES string of the molecule is COC(=O)c1c(C(=O)OC)c2n(c(=O)c1O)CCCC2. The molecule has 0 amide bonds. The molecule has 0 saturated carbocycles. The second-order valence-electron chi connectivity index (χ2n) is 4.44. The van der Waals surface area contributed by atoms with Crippen LogP contribution in [0.4, 0.5) is 0 Å². The minimum absolute atomic E-state index is 0.0869. The molecule has 7 nitrogen and oxygen atoms in total. The first-order chi connectivity index (χ1) is 9.52. The molecule has 1 aliphatic heterocycles. The summed E-state index contributed by atoms with van der Waals surface area (Å²) >= 11 is 0. The molecule has 0 saturated heterocycles. The predicted molar refractivity (Wildman–Crippen MR) is 68.0 cm³/mol. The van der Waals surface area contributed by atoms with Crippen LogP contribution < -0.4 is 5.56 Å². The van der Waals surface area contributed by atoms with Crippen molar-refractivity contribution in [2.45, 2.75) is 25.8 Å². The van der Waals surface area contributed by atoms with Crippen molar-refractivity contribution in [1.29, 1.82) is 0 Å². The fourth-order valence-corrected chi connectivity index (χ4v) is 2.44. The van der Waals surface area contributed by atoms with Crippen molar-refractivity contribution in [3.8, 4) is 5.75 Å². The van der Waals surface area contributed by atoms with E-state index in [4.69, 9.17) is 0 Å². The van der Waals surface area contributed by atoms with Crippen LogP contribution in [0, 0.1) is 0 Å². The Morgan fingerprint density at radius 2 is 1.70 bits per heavy atom. The number of esters is 2. The maximum absolute atomic E-state index is 12.1. The Bertz CT molecular complexity index is 631. The quantitative estimate of drug-likeness (QED) is 0.791. The van der Waals surface area contributed by atoms with Gasteiger partial charge in [0, 0.05) is 12.2 Å². The average Bonchev–Trinajstić information content (AvgIpc) is 2.49. The third-order valence-corrected chi connectivity index (χ3v) is 3.37. The van der Waals surface area contributed by atoms with Crippen molar-refractivity contribution in [3.05, 3.63) is 27.2 Å². The van der Waals surface area contributed by atoms with Gasteiger partial charge in [0.25, 0.3) is 5.56 Å². The first-order valence-corrected chi connectivity index (χ1v) is 6.18. The maximum Gasteiger partial charge on any atom is 0.342 e. The Morgan fingerprint density at radius 3 is 2.30 bits per heavy atom. The maximum atomic E-state index is 12.1. The van der Waals surface area contributed by atoms with Gasteiger partial charge >= 0.3 is 11.9 Å². The number of hydrogen-bond donors (Lipinski definition) is 1. The minimum atomic E-state index is -0.936. The summed E-state index contributed by atoms with van der Waals surface area (Å²) in [7, 11) is 2.28. The smallest absolute Gasteiger partial charge is 0.342 e. The summed E-state index contributed by atoms with van der Waals surface area (Å²) in [6.45, 7) is 0.396. The summed E-state index contributed by atoms with van der Waals surface area (Å²) < 4.78 is 10.5. The third-order valence-electron chi connectivity index (χ3n) is 3.37. The normalized spacial score (nSPS) is 13.5. The minimum Gasteiger partial charge on any atom is -0.502 e. The number of aromatic nitrogens is 1. The van der Waals surface area contributed by atoms with Gasteiger partial charge in [0.05, 0.1) is 19.8 Å². The molecule has 1 aliphatic rings. The highest BCUT2D eigenvalue weighted by molar-refractivity contribution is 6.05. The highest BCUT2D eigenvalue weighted by Crippen LogP contribution is 2.26. The summed E-state index contributed by atoms with van der Waals surface area (Å²) in [5.41, 5.74) is -0.785. The first kappa shape index (κ1) is 14.1. The van der Waals surface area contributed by atoms with Crippen LogP contribution in [0.1, 0.15) is 39.3 Å². The van der Waals surface area contributed by atoms with Gasteiger partial charge in [-0.25, -0.2) is 9.59 Å². The molecular formula is C13H15NO6. The van der Waals surface area contributed by atoms with E-state index in [0.29, 0.717) is 18.7 Å². The fraction of sp³-hybridized carbons (Fsp3) is 0.462. The lowest BCUT2D eigenvalue weighted by Gasteiger charge is -2.22. The van der Waals surface area contributed by atoms with Gasteiger partial charge in [0.1, 0.15) is 5.56 Å². The lowest BCUT2D eigenvalue weighted by atomic mass is 9.98. The molecule has 2 rings (SSSR count). The van der Waals surface area contributed by atoms with Gasteiger partial charge in [-0.15, -0.1) is 0 Å². The fourth-order valence-electron chi connectivity index (χ4n) is 2.44. The van der Waals surface area contributed by atoms with Crippen molar-refractivity contribution in [3.63, 3.8) is 0 Å².